The van der Waals surface area contributed by atoms with Crippen molar-refractivity contribution in [3.63, 3.8) is 0 Å². The van der Waals surface area contributed by atoms with Crippen molar-refractivity contribution in [3.8, 4) is 0 Å². The molecular formula is C27H36ClN5O2. The van der Waals surface area contributed by atoms with Crippen LogP contribution in [0.15, 0.2) is 42.6 Å². The number of rotatable bonds is 5. The normalized spacial score (nSPS) is 25.3. The van der Waals surface area contributed by atoms with Crippen molar-refractivity contribution in [3.05, 3.63) is 58.7 Å². The molecule has 3 aliphatic heterocycles. The highest BCUT2D eigenvalue weighted by atomic mass is 35.5. The Bertz CT molecular complexity index is 1020. The van der Waals surface area contributed by atoms with E-state index in [4.69, 9.17) is 22.2 Å². The number of aromatic nitrogens is 1. The summed E-state index contributed by atoms with van der Waals surface area (Å²) in [6, 6.07) is 12.1. The molecule has 1 aromatic heterocycles. The van der Waals surface area contributed by atoms with Crippen LogP contribution in [0.25, 0.3) is 0 Å². The Morgan fingerprint density at radius 3 is 2.43 bits per heavy atom. The van der Waals surface area contributed by atoms with Crippen LogP contribution in [0.4, 0.5) is 5.82 Å². The van der Waals surface area contributed by atoms with Crippen LogP contribution in [0.5, 0.6) is 0 Å². The zero-order valence-electron chi connectivity index (χ0n) is 20.5. The van der Waals surface area contributed by atoms with Gasteiger partial charge in [0.1, 0.15) is 11.4 Å². The van der Waals surface area contributed by atoms with Crippen LogP contribution < -0.4 is 5.73 Å². The number of pyridine rings is 1. The first-order valence-electron chi connectivity index (χ1n) is 12.8. The zero-order chi connectivity index (χ0) is 24.4. The molecule has 1 unspecified atom stereocenters. The summed E-state index contributed by atoms with van der Waals surface area (Å²) in [5, 5.41) is 2.70. The van der Waals surface area contributed by atoms with E-state index in [-0.39, 0.29) is 11.5 Å². The van der Waals surface area contributed by atoms with E-state index in [0.717, 1.165) is 76.4 Å². The van der Waals surface area contributed by atoms with Gasteiger partial charge >= 0.3 is 0 Å². The minimum atomic E-state index is -0.323. The van der Waals surface area contributed by atoms with Crippen LogP contribution in [0.3, 0.4) is 0 Å². The van der Waals surface area contributed by atoms with Crippen LogP contribution in [0.1, 0.15) is 43.2 Å². The maximum atomic E-state index is 13.4. The second-order valence-electron chi connectivity index (χ2n) is 10.3. The Hall–Kier alpha value is -2.19. The second kappa shape index (κ2) is 10.4. The van der Waals surface area contributed by atoms with Gasteiger partial charge in [-0.15, -0.1) is 0 Å². The molecule has 8 heteroatoms. The van der Waals surface area contributed by atoms with E-state index in [1.807, 2.05) is 36.4 Å². The number of nitrogens with zero attached hydrogens (tertiary/aromatic N) is 4. The van der Waals surface area contributed by atoms with Gasteiger partial charge < -0.3 is 10.6 Å². The van der Waals surface area contributed by atoms with Crippen molar-refractivity contribution >= 4 is 23.3 Å². The molecule has 0 saturated carbocycles. The number of halogens is 1. The van der Waals surface area contributed by atoms with E-state index >= 15 is 0 Å². The fourth-order valence-corrected chi connectivity index (χ4v) is 6.28. The number of amides is 1. The van der Waals surface area contributed by atoms with Crippen molar-refractivity contribution in [2.45, 2.75) is 44.2 Å². The minimum Gasteiger partial charge on any atom is -0.384 e. The summed E-state index contributed by atoms with van der Waals surface area (Å²) in [5.74, 6) is 1.40. The molecule has 1 atom stereocenters. The lowest BCUT2D eigenvalue weighted by Gasteiger charge is -2.43. The summed E-state index contributed by atoms with van der Waals surface area (Å²) in [6.07, 6.45) is 6.49. The van der Waals surface area contributed by atoms with Crippen LogP contribution >= 0.6 is 11.6 Å². The molecule has 0 aliphatic carbocycles. The lowest BCUT2D eigenvalue weighted by Crippen LogP contribution is -2.48. The van der Waals surface area contributed by atoms with E-state index in [2.05, 4.69) is 26.9 Å². The standard InChI is InChI=1S/C27H36ClN5O2/c1-31-17-11-27(35-31,22-2-4-24(28)5-3-22)23-9-15-33(16-10-23)26(34)21-7-13-32(14-8-21)19-20-6-12-30-25(29)18-20/h2-6,12,18,21,23H,7-11,13-17,19H2,1H3,(H2,29,30). The molecule has 0 bridgehead atoms. The first-order valence-corrected chi connectivity index (χ1v) is 13.2. The quantitative estimate of drug-likeness (QED) is 0.674. The average molecular weight is 498 g/mol. The SMILES string of the molecule is CN1CCC(c2ccc(Cl)cc2)(C2CCN(C(=O)C3CCN(Cc4ccnc(N)c4)CC3)CC2)O1. The largest absolute Gasteiger partial charge is 0.384 e. The number of likely N-dealkylation sites (tertiary alicyclic amines) is 2. The number of nitrogen functional groups attached to an aromatic ring is 1. The Balaban J connectivity index is 1.16. The number of hydrogen-bond acceptors (Lipinski definition) is 6. The van der Waals surface area contributed by atoms with Gasteiger partial charge in [0.05, 0.1) is 0 Å². The molecule has 0 radical (unpaired) electrons. The van der Waals surface area contributed by atoms with E-state index in [1.54, 1.807) is 6.20 Å². The van der Waals surface area contributed by atoms with Gasteiger partial charge in [-0.2, -0.15) is 5.06 Å². The van der Waals surface area contributed by atoms with Gasteiger partial charge in [-0.3, -0.25) is 14.5 Å². The first-order chi connectivity index (χ1) is 16.9. The van der Waals surface area contributed by atoms with Crippen LogP contribution in [0, 0.1) is 11.8 Å². The topological polar surface area (TPSA) is 74.9 Å². The average Bonchev–Trinajstić information content (AvgIpc) is 3.27. The summed E-state index contributed by atoms with van der Waals surface area (Å²) < 4.78 is 0. The number of carbonyl (C=O) groups excluding carboxylic acids is 1. The smallest absolute Gasteiger partial charge is 0.225 e. The van der Waals surface area contributed by atoms with Gasteiger partial charge in [0.25, 0.3) is 0 Å². The Kier molecular flexibility index (Phi) is 7.30. The fourth-order valence-electron chi connectivity index (χ4n) is 6.15. The number of benzene rings is 1. The second-order valence-corrected chi connectivity index (χ2v) is 10.8. The predicted molar refractivity (Wildman–Crippen MR) is 137 cm³/mol. The number of nitrogens with two attached hydrogens (primary N) is 1. The molecule has 2 N–H and O–H groups in total. The van der Waals surface area contributed by atoms with Crippen molar-refractivity contribution in [2.24, 2.45) is 11.8 Å². The summed E-state index contributed by atoms with van der Waals surface area (Å²) >= 11 is 6.16. The van der Waals surface area contributed by atoms with Crippen LogP contribution in [0.2, 0.25) is 5.02 Å². The first kappa shape index (κ1) is 24.5. The molecule has 5 rings (SSSR count). The third-order valence-electron chi connectivity index (χ3n) is 8.10. The molecule has 3 saturated heterocycles. The highest BCUT2D eigenvalue weighted by molar-refractivity contribution is 6.30. The van der Waals surface area contributed by atoms with Crippen LogP contribution in [-0.4, -0.2) is 65.5 Å². The zero-order valence-corrected chi connectivity index (χ0v) is 21.3. The number of hydroxylamine groups is 2. The molecule has 7 nitrogen and oxygen atoms in total. The molecule has 188 valence electrons. The van der Waals surface area contributed by atoms with Gasteiger partial charge in [0, 0.05) is 50.4 Å². The number of hydrogen-bond donors (Lipinski definition) is 1. The van der Waals surface area contributed by atoms with E-state index in [1.165, 1.54) is 11.1 Å². The summed E-state index contributed by atoms with van der Waals surface area (Å²) in [7, 11) is 2.01. The molecule has 3 aliphatic rings. The van der Waals surface area contributed by atoms with Crippen LogP contribution in [-0.2, 0) is 21.8 Å². The summed E-state index contributed by atoms with van der Waals surface area (Å²) in [5.41, 5.74) is 7.87. The lowest BCUT2D eigenvalue weighted by molar-refractivity contribution is -0.211. The van der Waals surface area contributed by atoms with E-state index in [0.29, 0.717) is 17.6 Å². The maximum Gasteiger partial charge on any atom is 0.225 e. The molecule has 1 aromatic carbocycles. The van der Waals surface area contributed by atoms with Crippen molar-refractivity contribution < 1.29 is 9.63 Å². The predicted octanol–water partition coefficient (Wildman–Crippen LogP) is 3.93. The number of piperidine rings is 2. The van der Waals surface area contributed by atoms with Crippen molar-refractivity contribution in [1.82, 2.24) is 19.8 Å². The van der Waals surface area contributed by atoms with Gasteiger partial charge in [-0.05, 0) is 86.5 Å². The molecule has 2 aromatic rings. The summed E-state index contributed by atoms with van der Waals surface area (Å²) in [6.45, 7) is 5.27. The molecular weight excluding hydrogens is 462 g/mol. The van der Waals surface area contributed by atoms with Gasteiger partial charge in [-0.25, -0.2) is 4.98 Å². The highest BCUT2D eigenvalue weighted by Gasteiger charge is 2.48. The van der Waals surface area contributed by atoms with Crippen molar-refractivity contribution in [2.75, 3.05) is 45.5 Å². The maximum absolute atomic E-state index is 13.4. The third kappa shape index (κ3) is 5.33. The lowest BCUT2D eigenvalue weighted by atomic mass is 9.74. The monoisotopic (exact) mass is 497 g/mol. The van der Waals surface area contributed by atoms with Gasteiger partial charge in [0.15, 0.2) is 0 Å². The number of carbonyl (C=O) groups is 1. The molecule has 3 fully saturated rings. The molecule has 1 amide bonds. The Morgan fingerprint density at radius 2 is 1.80 bits per heavy atom. The van der Waals surface area contributed by atoms with E-state index in [9.17, 15) is 4.79 Å². The van der Waals surface area contributed by atoms with Gasteiger partial charge in [0.2, 0.25) is 5.91 Å². The van der Waals surface area contributed by atoms with Gasteiger partial charge in [-0.1, -0.05) is 23.7 Å². The molecule has 4 heterocycles. The van der Waals surface area contributed by atoms with Crippen molar-refractivity contribution in [1.29, 1.82) is 0 Å². The molecule has 0 spiro atoms. The van der Waals surface area contributed by atoms with E-state index < -0.39 is 0 Å². The fraction of sp³-hybridized carbons (Fsp3) is 0.556. The Labute approximate surface area is 213 Å². The minimum absolute atomic E-state index is 0.129. The number of anilines is 1. The highest BCUT2D eigenvalue weighted by Crippen LogP contribution is 2.46. The Morgan fingerprint density at radius 1 is 1.09 bits per heavy atom. The summed E-state index contributed by atoms with van der Waals surface area (Å²) in [4.78, 5) is 28.4. The third-order valence-corrected chi connectivity index (χ3v) is 8.36. The molecule has 35 heavy (non-hydrogen) atoms.